The van der Waals surface area contributed by atoms with Gasteiger partial charge >= 0.3 is 5.97 Å². The Morgan fingerprint density at radius 2 is 2.06 bits per heavy atom. The minimum absolute atomic E-state index is 0.208. The molecule has 0 saturated carbocycles. The first-order chi connectivity index (χ1) is 7.36. The van der Waals surface area contributed by atoms with E-state index in [-0.39, 0.29) is 17.9 Å². The number of methoxy groups -OCH3 is 1. The fourth-order valence-electron chi connectivity index (χ4n) is 1.41. The molecule has 0 radical (unpaired) electrons. The van der Waals surface area contributed by atoms with Gasteiger partial charge in [0, 0.05) is 6.42 Å². The van der Waals surface area contributed by atoms with Crippen LogP contribution >= 0.6 is 0 Å². The van der Waals surface area contributed by atoms with E-state index in [4.69, 9.17) is 10.8 Å². The summed E-state index contributed by atoms with van der Waals surface area (Å²) in [6, 6.07) is 4.30. The zero-order valence-electron chi connectivity index (χ0n) is 9.23. The average Bonchev–Trinajstić information content (AvgIpc) is 2.22. The van der Waals surface area contributed by atoms with Crippen LogP contribution in [-0.2, 0) is 16.0 Å². The molecule has 1 aromatic carbocycles. The van der Waals surface area contributed by atoms with Crippen molar-refractivity contribution in [3.8, 4) is 11.5 Å². The topological polar surface area (TPSA) is 92.8 Å². The highest BCUT2D eigenvalue weighted by Gasteiger charge is 2.29. The average molecular weight is 225 g/mol. The molecule has 5 heteroatoms. The highest BCUT2D eigenvalue weighted by Crippen LogP contribution is 2.26. The Bertz CT molecular complexity index is 401. The number of esters is 1. The molecule has 88 valence electrons. The van der Waals surface area contributed by atoms with E-state index in [1.165, 1.54) is 19.2 Å². The van der Waals surface area contributed by atoms with Crippen molar-refractivity contribution in [2.75, 3.05) is 7.11 Å². The molecule has 0 aliphatic heterocycles. The van der Waals surface area contributed by atoms with Crippen LogP contribution in [0.4, 0.5) is 0 Å². The first-order valence-electron chi connectivity index (χ1n) is 4.75. The predicted molar refractivity (Wildman–Crippen MR) is 58.1 cm³/mol. The summed E-state index contributed by atoms with van der Waals surface area (Å²) in [4.78, 5) is 11.3. The molecule has 0 saturated heterocycles. The molecular weight excluding hydrogens is 210 g/mol. The second kappa shape index (κ2) is 4.40. The summed E-state index contributed by atoms with van der Waals surface area (Å²) >= 11 is 0. The normalized spacial score (nSPS) is 14.2. The van der Waals surface area contributed by atoms with Gasteiger partial charge in [0.1, 0.15) is 5.54 Å². The van der Waals surface area contributed by atoms with Crippen molar-refractivity contribution in [1.29, 1.82) is 0 Å². The van der Waals surface area contributed by atoms with Crippen molar-refractivity contribution in [2.45, 2.75) is 18.9 Å². The first kappa shape index (κ1) is 12.3. The van der Waals surface area contributed by atoms with Crippen LogP contribution < -0.4 is 5.73 Å². The second-order valence-electron chi connectivity index (χ2n) is 3.91. The van der Waals surface area contributed by atoms with Gasteiger partial charge in [-0.3, -0.25) is 4.79 Å². The van der Waals surface area contributed by atoms with E-state index in [0.29, 0.717) is 5.56 Å². The van der Waals surface area contributed by atoms with Crippen LogP contribution in [0.1, 0.15) is 12.5 Å². The third-order valence-corrected chi connectivity index (χ3v) is 2.26. The van der Waals surface area contributed by atoms with Crippen molar-refractivity contribution in [3.63, 3.8) is 0 Å². The van der Waals surface area contributed by atoms with E-state index in [1.807, 2.05) is 0 Å². The van der Waals surface area contributed by atoms with Gasteiger partial charge in [-0.05, 0) is 24.6 Å². The summed E-state index contributed by atoms with van der Waals surface area (Å²) < 4.78 is 4.57. The number of benzene rings is 1. The SMILES string of the molecule is COC(=O)[C@](C)(N)Cc1ccc(O)c(O)c1. The first-order valence-corrected chi connectivity index (χ1v) is 4.75. The molecule has 0 fully saturated rings. The monoisotopic (exact) mass is 225 g/mol. The van der Waals surface area contributed by atoms with Crippen LogP contribution in [0.3, 0.4) is 0 Å². The minimum atomic E-state index is -1.15. The van der Waals surface area contributed by atoms with Crippen LogP contribution in [0.2, 0.25) is 0 Å². The van der Waals surface area contributed by atoms with E-state index >= 15 is 0 Å². The third kappa shape index (κ3) is 2.64. The smallest absolute Gasteiger partial charge is 0.325 e. The van der Waals surface area contributed by atoms with Gasteiger partial charge in [0.25, 0.3) is 0 Å². The summed E-state index contributed by atoms with van der Waals surface area (Å²) in [5.41, 5.74) is 5.26. The number of ether oxygens (including phenoxy) is 1. The van der Waals surface area contributed by atoms with Gasteiger partial charge in [-0.15, -0.1) is 0 Å². The predicted octanol–water partition coefficient (Wildman–Crippen LogP) is 0.531. The second-order valence-corrected chi connectivity index (χ2v) is 3.91. The van der Waals surface area contributed by atoms with Gasteiger partial charge in [0.2, 0.25) is 0 Å². The van der Waals surface area contributed by atoms with E-state index < -0.39 is 11.5 Å². The Morgan fingerprint density at radius 3 is 2.56 bits per heavy atom. The molecule has 5 nitrogen and oxygen atoms in total. The van der Waals surface area contributed by atoms with Gasteiger partial charge in [0.05, 0.1) is 7.11 Å². The Morgan fingerprint density at radius 1 is 1.44 bits per heavy atom. The number of carbonyl (C=O) groups excluding carboxylic acids is 1. The van der Waals surface area contributed by atoms with E-state index in [0.717, 1.165) is 0 Å². The fraction of sp³-hybridized carbons (Fsp3) is 0.364. The maximum Gasteiger partial charge on any atom is 0.325 e. The Balaban J connectivity index is 2.88. The lowest BCUT2D eigenvalue weighted by Crippen LogP contribution is -2.47. The van der Waals surface area contributed by atoms with Gasteiger partial charge in [-0.2, -0.15) is 0 Å². The maximum absolute atomic E-state index is 11.3. The lowest BCUT2D eigenvalue weighted by Gasteiger charge is -2.21. The van der Waals surface area contributed by atoms with Crippen molar-refractivity contribution < 1.29 is 19.7 Å². The standard InChI is InChI=1S/C11H15NO4/c1-11(12,10(15)16-2)6-7-3-4-8(13)9(14)5-7/h3-5,13-14H,6,12H2,1-2H3/t11-/m1/s1. The molecule has 1 rings (SSSR count). The van der Waals surface area contributed by atoms with Crippen LogP contribution in [0.5, 0.6) is 11.5 Å². The van der Waals surface area contributed by atoms with Crippen molar-refractivity contribution >= 4 is 5.97 Å². The molecule has 0 spiro atoms. The quantitative estimate of drug-likeness (QED) is 0.515. The number of hydrogen-bond donors (Lipinski definition) is 3. The van der Waals surface area contributed by atoms with Crippen molar-refractivity contribution in [2.24, 2.45) is 5.73 Å². The molecule has 16 heavy (non-hydrogen) atoms. The van der Waals surface area contributed by atoms with Gasteiger partial charge in [-0.25, -0.2) is 0 Å². The Labute approximate surface area is 93.5 Å². The number of aromatic hydroxyl groups is 2. The van der Waals surface area contributed by atoms with Crippen LogP contribution in [0.15, 0.2) is 18.2 Å². The summed E-state index contributed by atoms with van der Waals surface area (Å²) in [6.45, 7) is 1.54. The molecule has 0 aliphatic carbocycles. The van der Waals surface area contributed by atoms with E-state index in [2.05, 4.69) is 4.74 Å². The summed E-state index contributed by atoms with van der Waals surface area (Å²) in [7, 11) is 1.27. The fourth-order valence-corrected chi connectivity index (χ4v) is 1.41. The molecule has 0 aromatic heterocycles. The minimum Gasteiger partial charge on any atom is -0.504 e. The molecule has 0 amide bonds. The Kier molecular flexibility index (Phi) is 3.39. The number of rotatable bonds is 3. The molecule has 1 atom stereocenters. The molecule has 0 bridgehead atoms. The highest BCUT2D eigenvalue weighted by atomic mass is 16.5. The highest BCUT2D eigenvalue weighted by molar-refractivity contribution is 5.80. The summed E-state index contributed by atoms with van der Waals surface area (Å²) in [6.07, 6.45) is 0.216. The van der Waals surface area contributed by atoms with Gasteiger partial charge in [0.15, 0.2) is 11.5 Å². The molecule has 0 heterocycles. The maximum atomic E-state index is 11.3. The van der Waals surface area contributed by atoms with Crippen molar-refractivity contribution in [3.05, 3.63) is 23.8 Å². The number of phenols is 2. The lowest BCUT2D eigenvalue weighted by atomic mass is 9.94. The largest absolute Gasteiger partial charge is 0.504 e. The number of carbonyl (C=O) groups is 1. The molecule has 0 aliphatic rings. The lowest BCUT2D eigenvalue weighted by molar-refractivity contribution is -0.146. The van der Waals surface area contributed by atoms with E-state index in [1.54, 1.807) is 13.0 Å². The number of nitrogens with two attached hydrogens (primary N) is 1. The van der Waals surface area contributed by atoms with Crippen molar-refractivity contribution in [1.82, 2.24) is 0 Å². The number of phenolic OH excluding ortho intramolecular Hbond substituents is 2. The molecule has 4 N–H and O–H groups in total. The zero-order valence-corrected chi connectivity index (χ0v) is 9.23. The zero-order chi connectivity index (χ0) is 12.3. The molecule has 0 unspecified atom stereocenters. The molecular formula is C11H15NO4. The summed E-state index contributed by atoms with van der Waals surface area (Å²) in [5, 5.41) is 18.4. The molecule has 1 aromatic rings. The Hall–Kier alpha value is -1.75. The van der Waals surface area contributed by atoms with Gasteiger partial charge in [-0.1, -0.05) is 6.07 Å². The van der Waals surface area contributed by atoms with Crippen LogP contribution in [0, 0.1) is 0 Å². The van der Waals surface area contributed by atoms with E-state index in [9.17, 15) is 9.90 Å². The third-order valence-electron chi connectivity index (χ3n) is 2.26. The number of hydrogen-bond acceptors (Lipinski definition) is 5. The summed E-state index contributed by atoms with van der Waals surface area (Å²) in [5.74, 6) is -0.973. The van der Waals surface area contributed by atoms with Crippen LogP contribution in [-0.4, -0.2) is 28.8 Å². The van der Waals surface area contributed by atoms with Gasteiger partial charge < -0.3 is 20.7 Å². The van der Waals surface area contributed by atoms with Crippen LogP contribution in [0.25, 0.3) is 0 Å².